The number of fused-ring (bicyclic) bond motifs is 1. The zero-order valence-electron chi connectivity index (χ0n) is 15.9. The van der Waals surface area contributed by atoms with Gasteiger partial charge in [0, 0.05) is 6.07 Å². The van der Waals surface area contributed by atoms with Crippen molar-refractivity contribution in [2.24, 2.45) is 5.14 Å². The number of nitrogens with zero attached hydrogens (tertiary/aromatic N) is 4. The molecule has 1 amide bonds. The summed E-state index contributed by atoms with van der Waals surface area (Å²) in [6.45, 7) is 1.70. The van der Waals surface area contributed by atoms with Crippen molar-refractivity contribution in [3.63, 3.8) is 0 Å². The fourth-order valence-electron chi connectivity index (χ4n) is 2.67. The van der Waals surface area contributed by atoms with Crippen LogP contribution in [0.2, 0.25) is 0 Å². The maximum absolute atomic E-state index is 12.4. The molecule has 0 unspecified atom stereocenters. The summed E-state index contributed by atoms with van der Waals surface area (Å²) in [7, 11) is -3.83. The van der Waals surface area contributed by atoms with Crippen LogP contribution in [0.25, 0.3) is 16.7 Å². The Hall–Kier alpha value is -3.49. The Morgan fingerprint density at radius 1 is 1.32 bits per heavy atom. The minimum atomic E-state index is -3.83. The number of thioether (sulfide) groups is 1. The highest BCUT2D eigenvalue weighted by molar-refractivity contribution is 7.99. The van der Waals surface area contributed by atoms with Crippen molar-refractivity contribution in [2.45, 2.75) is 17.0 Å². The molecule has 0 spiro atoms. The molecule has 0 radical (unpaired) electrons. The van der Waals surface area contributed by atoms with Gasteiger partial charge in [0.2, 0.25) is 15.9 Å². The third-order valence-electron chi connectivity index (χ3n) is 4.06. The number of carbonyl (C=O) groups is 1. The van der Waals surface area contributed by atoms with Gasteiger partial charge in [0.25, 0.3) is 5.56 Å². The number of carbonyl (C=O) groups excluding carboxylic acids is 1. The van der Waals surface area contributed by atoms with Gasteiger partial charge in [-0.15, -0.1) is 0 Å². The summed E-state index contributed by atoms with van der Waals surface area (Å²) in [5, 5.41) is 16.0. The molecular formula is C17H15N7O5S2. The Balaban J connectivity index is 1.57. The van der Waals surface area contributed by atoms with E-state index >= 15 is 0 Å². The number of aryl methyl sites for hydroxylation is 1. The number of primary sulfonamides is 1. The molecule has 3 aromatic heterocycles. The monoisotopic (exact) mass is 461 g/mol. The molecule has 3 heterocycles. The topological polar surface area (TPSA) is 179 Å². The van der Waals surface area contributed by atoms with Gasteiger partial charge in [0.1, 0.15) is 11.1 Å². The minimum Gasteiger partial charge on any atom is -0.360 e. The van der Waals surface area contributed by atoms with Gasteiger partial charge in [-0.25, -0.2) is 23.2 Å². The first-order valence-electron chi connectivity index (χ1n) is 8.68. The Kier molecular flexibility index (Phi) is 5.34. The van der Waals surface area contributed by atoms with Crippen molar-refractivity contribution in [1.29, 1.82) is 0 Å². The van der Waals surface area contributed by atoms with Crippen molar-refractivity contribution < 1.29 is 17.7 Å². The number of rotatable bonds is 6. The Morgan fingerprint density at radius 2 is 2.06 bits per heavy atom. The predicted octanol–water partition coefficient (Wildman–Crippen LogP) is 0.783. The lowest BCUT2D eigenvalue weighted by atomic mass is 10.3. The predicted molar refractivity (Wildman–Crippen MR) is 111 cm³/mol. The van der Waals surface area contributed by atoms with E-state index in [1.807, 2.05) is 0 Å². The molecule has 0 aliphatic heterocycles. The Morgan fingerprint density at radius 3 is 2.71 bits per heavy atom. The van der Waals surface area contributed by atoms with Crippen LogP contribution in [0.3, 0.4) is 0 Å². The van der Waals surface area contributed by atoms with Crippen LogP contribution in [0.1, 0.15) is 5.76 Å². The Labute approximate surface area is 178 Å². The number of anilines is 1. The van der Waals surface area contributed by atoms with Crippen molar-refractivity contribution in [2.75, 3.05) is 11.1 Å². The highest BCUT2D eigenvalue weighted by atomic mass is 32.2. The van der Waals surface area contributed by atoms with Gasteiger partial charge in [-0.1, -0.05) is 16.9 Å². The smallest absolute Gasteiger partial charge is 0.262 e. The first-order chi connectivity index (χ1) is 14.7. The summed E-state index contributed by atoms with van der Waals surface area (Å²) >= 11 is 1.02. The number of sulfonamides is 1. The average molecular weight is 461 g/mol. The van der Waals surface area contributed by atoms with Gasteiger partial charge in [-0.3, -0.25) is 9.59 Å². The molecule has 0 aliphatic rings. The van der Waals surface area contributed by atoms with E-state index in [0.717, 1.165) is 11.8 Å². The number of H-pyrrole nitrogens is 1. The van der Waals surface area contributed by atoms with E-state index in [1.54, 1.807) is 13.0 Å². The molecule has 160 valence electrons. The van der Waals surface area contributed by atoms with E-state index in [2.05, 4.69) is 25.5 Å². The molecule has 1 aromatic carbocycles. The second kappa shape index (κ2) is 7.98. The van der Waals surface area contributed by atoms with E-state index in [0.29, 0.717) is 17.3 Å². The van der Waals surface area contributed by atoms with E-state index in [-0.39, 0.29) is 32.7 Å². The molecule has 4 rings (SSSR count). The lowest BCUT2D eigenvalue weighted by Gasteiger charge is -2.05. The van der Waals surface area contributed by atoms with Gasteiger partial charge in [-0.05, 0) is 31.2 Å². The molecule has 0 saturated heterocycles. The molecular weight excluding hydrogens is 446 g/mol. The van der Waals surface area contributed by atoms with Crippen molar-refractivity contribution >= 4 is 44.5 Å². The summed E-state index contributed by atoms with van der Waals surface area (Å²) in [6.07, 6.45) is 1.35. The third kappa shape index (κ3) is 4.50. The molecule has 0 atom stereocenters. The second-order valence-corrected chi connectivity index (χ2v) is 8.89. The van der Waals surface area contributed by atoms with E-state index < -0.39 is 15.6 Å². The maximum Gasteiger partial charge on any atom is 0.262 e. The quantitative estimate of drug-likeness (QED) is 0.276. The standard InChI is InChI=1S/C17H15N7O5S2/c1-9-6-13(23-29-9)20-14(25)8-30-17-21-15-12(16(26)22-17)7-19-24(15)10-2-4-11(5-3-10)31(18,27)28/h2-7H,8H2,1H3,(H2,18,27,28)(H,20,23,25)(H,21,22,26). The third-order valence-corrected chi connectivity index (χ3v) is 5.86. The number of aromatic nitrogens is 5. The molecule has 0 bridgehead atoms. The average Bonchev–Trinajstić information content (AvgIpc) is 3.32. The molecule has 14 heteroatoms. The van der Waals surface area contributed by atoms with Gasteiger partial charge in [-0.2, -0.15) is 5.10 Å². The van der Waals surface area contributed by atoms with Crippen LogP contribution in [0.4, 0.5) is 5.82 Å². The number of nitrogens with one attached hydrogen (secondary N) is 2. The highest BCUT2D eigenvalue weighted by Crippen LogP contribution is 2.19. The summed E-state index contributed by atoms with van der Waals surface area (Å²) in [5.41, 5.74) is 0.310. The molecule has 0 aliphatic carbocycles. The number of benzene rings is 1. The second-order valence-electron chi connectivity index (χ2n) is 6.36. The minimum absolute atomic E-state index is 0.0302. The molecule has 4 N–H and O–H groups in total. The zero-order valence-corrected chi connectivity index (χ0v) is 17.5. The first kappa shape index (κ1) is 20.8. The largest absolute Gasteiger partial charge is 0.360 e. The van der Waals surface area contributed by atoms with Crippen LogP contribution in [-0.4, -0.2) is 45.0 Å². The van der Waals surface area contributed by atoms with Crippen LogP contribution < -0.4 is 16.0 Å². The number of hydrogen-bond acceptors (Lipinski definition) is 9. The molecule has 31 heavy (non-hydrogen) atoms. The SMILES string of the molecule is Cc1cc(NC(=O)CSc2nc3c(cnn3-c3ccc(S(N)(=O)=O)cc3)c(=O)[nH]2)no1. The molecule has 0 fully saturated rings. The van der Waals surface area contributed by atoms with E-state index in [4.69, 9.17) is 9.66 Å². The molecule has 4 aromatic rings. The van der Waals surface area contributed by atoms with Crippen LogP contribution in [0.5, 0.6) is 0 Å². The lowest BCUT2D eigenvalue weighted by molar-refractivity contribution is -0.113. The van der Waals surface area contributed by atoms with Crippen molar-refractivity contribution in [1.82, 2.24) is 24.9 Å². The van der Waals surface area contributed by atoms with Gasteiger partial charge >= 0.3 is 0 Å². The van der Waals surface area contributed by atoms with Gasteiger partial charge in [0.05, 0.1) is 22.5 Å². The maximum atomic E-state index is 12.4. The summed E-state index contributed by atoms with van der Waals surface area (Å²) in [5.74, 6) is 0.469. The highest BCUT2D eigenvalue weighted by Gasteiger charge is 2.15. The molecule has 12 nitrogen and oxygen atoms in total. The Bertz CT molecular complexity index is 1440. The van der Waals surface area contributed by atoms with Crippen LogP contribution in [0, 0.1) is 6.92 Å². The lowest BCUT2D eigenvalue weighted by Crippen LogP contribution is -2.16. The van der Waals surface area contributed by atoms with E-state index in [9.17, 15) is 18.0 Å². The van der Waals surface area contributed by atoms with Crippen molar-refractivity contribution in [3.8, 4) is 5.69 Å². The van der Waals surface area contributed by atoms with Crippen LogP contribution in [0.15, 0.2) is 55.9 Å². The fraction of sp³-hybridized carbons (Fsp3) is 0.118. The summed E-state index contributed by atoms with van der Waals surface area (Å²) in [6, 6.07) is 7.23. The number of nitrogens with two attached hydrogens (primary N) is 1. The number of aromatic amines is 1. The summed E-state index contributed by atoms with van der Waals surface area (Å²) in [4.78, 5) is 31.4. The first-order valence-corrected chi connectivity index (χ1v) is 11.2. The van der Waals surface area contributed by atoms with Gasteiger partial charge in [0.15, 0.2) is 16.6 Å². The normalized spacial score (nSPS) is 11.7. The van der Waals surface area contributed by atoms with Crippen LogP contribution >= 0.6 is 11.8 Å². The number of hydrogen-bond donors (Lipinski definition) is 3. The van der Waals surface area contributed by atoms with Crippen molar-refractivity contribution in [3.05, 3.63) is 52.6 Å². The zero-order chi connectivity index (χ0) is 22.2. The van der Waals surface area contributed by atoms with Crippen LogP contribution in [-0.2, 0) is 14.8 Å². The molecule has 0 saturated carbocycles. The van der Waals surface area contributed by atoms with E-state index in [1.165, 1.54) is 35.1 Å². The fourth-order valence-corrected chi connectivity index (χ4v) is 3.84. The summed E-state index contributed by atoms with van der Waals surface area (Å²) < 4.78 is 29.1. The van der Waals surface area contributed by atoms with Gasteiger partial charge < -0.3 is 14.8 Å². The number of amides is 1.